The molecule has 0 aliphatic heterocycles. The van der Waals surface area contributed by atoms with Crippen molar-refractivity contribution in [2.24, 2.45) is 0 Å². The van der Waals surface area contributed by atoms with Crippen molar-refractivity contribution in [1.82, 2.24) is 19.5 Å². The fourth-order valence-corrected chi connectivity index (χ4v) is 4.95. The number of aromatic nitrogens is 4. The third-order valence-electron chi connectivity index (χ3n) is 7.20. The van der Waals surface area contributed by atoms with Gasteiger partial charge in [0, 0.05) is 23.0 Å². The van der Waals surface area contributed by atoms with Crippen LogP contribution in [0.4, 0.5) is 0 Å². The smallest absolute Gasteiger partial charge is 0.238 e. The lowest BCUT2D eigenvalue weighted by atomic mass is 9.86. The summed E-state index contributed by atoms with van der Waals surface area (Å²) in [4.78, 5) is 13.7. The molecule has 0 fully saturated rings. The Bertz CT molecular complexity index is 1870. The molecule has 3 aromatic heterocycles. The number of nitrogens with zero attached hydrogens (tertiary/aromatic N) is 4. The average molecular weight is 517 g/mol. The van der Waals surface area contributed by atoms with Crippen LogP contribution < -0.4 is 4.74 Å². The van der Waals surface area contributed by atoms with E-state index >= 15 is 0 Å². The van der Waals surface area contributed by atoms with Crippen LogP contribution in [0.1, 0.15) is 52.7 Å². The molecule has 0 atom stereocenters. The lowest BCUT2D eigenvalue weighted by Gasteiger charge is -2.21. The number of rotatable bonds is 3. The largest absolute Gasteiger partial charge is 0.506 e. The van der Waals surface area contributed by atoms with E-state index in [-0.39, 0.29) is 16.6 Å². The number of pyridine rings is 1. The fraction of sp³-hybridized carbons (Fsp3) is 0.242. The number of fused-ring (bicyclic) bond motifs is 4. The van der Waals surface area contributed by atoms with Crippen molar-refractivity contribution in [1.29, 1.82) is 0 Å². The number of hydrogen-bond donors (Lipinski definition) is 1. The number of aromatic hydroxyl groups is 1. The molecule has 6 nitrogen and oxygen atoms in total. The summed E-state index contributed by atoms with van der Waals surface area (Å²) in [7, 11) is 0. The second-order valence-electron chi connectivity index (χ2n) is 12.1. The molecule has 1 N–H and O–H groups in total. The third kappa shape index (κ3) is 4.46. The third-order valence-corrected chi connectivity index (χ3v) is 7.20. The van der Waals surface area contributed by atoms with E-state index in [1.165, 1.54) is 11.1 Å². The number of hydrogen-bond acceptors (Lipinski definition) is 5. The van der Waals surface area contributed by atoms with Gasteiger partial charge in [0.05, 0.1) is 22.7 Å². The molecule has 3 heterocycles. The van der Waals surface area contributed by atoms with Crippen LogP contribution in [-0.2, 0) is 10.8 Å². The van der Waals surface area contributed by atoms with Crippen LogP contribution in [0.3, 0.4) is 0 Å². The van der Waals surface area contributed by atoms with E-state index in [1.807, 2.05) is 18.3 Å². The van der Waals surface area contributed by atoms with Gasteiger partial charge in [-0.2, -0.15) is 0 Å². The molecule has 39 heavy (non-hydrogen) atoms. The Kier molecular flexibility index (Phi) is 5.61. The summed E-state index contributed by atoms with van der Waals surface area (Å²) >= 11 is 0. The van der Waals surface area contributed by atoms with Crippen molar-refractivity contribution < 1.29 is 9.84 Å². The molecule has 0 spiro atoms. The maximum atomic E-state index is 10.2. The van der Waals surface area contributed by atoms with Crippen molar-refractivity contribution in [3.8, 4) is 23.2 Å². The van der Waals surface area contributed by atoms with E-state index in [1.54, 1.807) is 24.4 Å². The Labute approximate surface area is 227 Å². The minimum Gasteiger partial charge on any atom is -0.506 e. The van der Waals surface area contributed by atoms with Crippen LogP contribution in [0.25, 0.3) is 38.7 Å². The first-order valence-electron chi connectivity index (χ1n) is 13.2. The Morgan fingerprint density at radius 1 is 0.744 bits per heavy atom. The summed E-state index contributed by atoms with van der Waals surface area (Å²) in [5.41, 5.74) is 5.57. The van der Waals surface area contributed by atoms with E-state index in [9.17, 15) is 5.11 Å². The highest BCUT2D eigenvalue weighted by Gasteiger charge is 2.21. The van der Waals surface area contributed by atoms with Gasteiger partial charge in [0.25, 0.3) is 0 Å². The van der Waals surface area contributed by atoms with Gasteiger partial charge < -0.3 is 9.84 Å². The molecule has 0 radical (unpaired) electrons. The van der Waals surface area contributed by atoms with Crippen LogP contribution in [0.2, 0.25) is 0 Å². The molecule has 0 unspecified atom stereocenters. The standard InChI is InChI=1S/C33H32N4O2/c1-32(2,3)20-10-12-23-24-13-11-22(39-30-19-35-25-8-7-9-28(38)31(25)36-30)18-27(24)37(26(23)16-20)29-17-21(14-15-34-29)33(4,5)6/h7-19,38H,1-6H3. The molecular formula is C33H32N4O2. The van der Waals surface area contributed by atoms with Crippen molar-refractivity contribution in [3.05, 3.63) is 90.3 Å². The zero-order valence-electron chi connectivity index (χ0n) is 23.1. The molecular weight excluding hydrogens is 484 g/mol. The second kappa shape index (κ2) is 8.80. The van der Waals surface area contributed by atoms with Crippen molar-refractivity contribution in [2.75, 3.05) is 0 Å². The number of para-hydroxylation sites is 1. The summed E-state index contributed by atoms with van der Waals surface area (Å²) in [5, 5.41) is 12.5. The Balaban J connectivity index is 1.56. The van der Waals surface area contributed by atoms with Gasteiger partial charge in [0.2, 0.25) is 5.88 Å². The maximum Gasteiger partial charge on any atom is 0.238 e. The Hall–Kier alpha value is -4.45. The number of ether oxygens (including phenoxy) is 1. The topological polar surface area (TPSA) is 73.1 Å². The quantitative estimate of drug-likeness (QED) is 0.257. The predicted molar refractivity (Wildman–Crippen MR) is 157 cm³/mol. The van der Waals surface area contributed by atoms with Gasteiger partial charge in [-0.25, -0.2) is 15.0 Å². The van der Waals surface area contributed by atoms with Crippen molar-refractivity contribution in [3.63, 3.8) is 0 Å². The van der Waals surface area contributed by atoms with Crippen molar-refractivity contribution in [2.45, 2.75) is 52.4 Å². The molecule has 3 aromatic carbocycles. The summed E-state index contributed by atoms with van der Waals surface area (Å²) in [5.74, 6) is 1.87. The van der Waals surface area contributed by atoms with Gasteiger partial charge in [-0.3, -0.25) is 4.57 Å². The average Bonchev–Trinajstić information content (AvgIpc) is 3.21. The molecule has 0 aliphatic carbocycles. The normalized spacial score (nSPS) is 12.5. The summed E-state index contributed by atoms with van der Waals surface area (Å²) < 4.78 is 8.40. The maximum absolute atomic E-state index is 10.2. The molecule has 0 aliphatic rings. The zero-order chi connectivity index (χ0) is 27.5. The predicted octanol–water partition coefficient (Wildman–Crippen LogP) is 8.21. The molecule has 0 bridgehead atoms. The van der Waals surface area contributed by atoms with Gasteiger partial charge in [0.15, 0.2) is 0 Å². The first-order chi connectivity index (χ1) is 18.5. The molecule has 0 saturated carbocycles. The van der Waals surface area contributed by atoms with Gasteiger partial charge in [0.1, 0.15) is 22.8 Å². The molecule has 0 saturated heterocycles. The fourth-order valence-electron chi connectivity index (χ4n) is 4.95. The highest BCUT2D eigenvalue weighted by molar-refractivity contribution is 6.09. The van der Waals surface area contributed by atoms with E-state index in [0.29, 0.717) is 22.7 Å². The number of phenols is 1. The van der Waals surface area contributed by atoms with Gasteiger partial charge in [-0.1, -0.05) is 59.7 Å². The van der Waals surface area contributed by atoms with E-state index in [4.69, 9.17) is 9.72 Å². The summed E-state index contributed by atoms with van der Waals surface area (Å²) in [6.07, 6.45) is 3.46. The van der Waals surface area contributed by atoms with Gasteiger partial charge in [-0.15, -0.1) is 0 Å². The van der Waals surface area contributed by atoms with E-state index in [0.717, 1.165) is 27.6 Å². The number of benzene rings is 3. The monoisotopic (exact) mass is 516 g/mol. The van der Waals surface area contributed by atoms with E-state index in [2.05, 4.69) is 92.5 Å². The summed E-state index contributed by atoms with van der Waals surface area (Å²) in [6.45, 7) is 13.3. The lowest BCUT2D eigenvalue weighted by Crippen LogP contribution is -2.12. The molecule has 0 amide bonds. The summed E-state index contributed by atoms with van der Waals surface area (Å²) in [6, 6.07) is 22.2. The Morgan fingerprint density at radius 3 is 2.18 bits per heavy atom. The highest BCUT2D eigenvalue weighted by Crippen LogP contribution is 2.38. The van der Waals surface area contributed by atoms with Crippen LogP contribution in [0.5, 0.6) is 17.4 Å². The number of phenolic OH excluding ortho intramolecular Hbond substituents is 1. The van der Waals surface area contributed by atoms with Crippen LogP contribution in [0, 0.1) is 0 Å². The Morgan fingerprint density at radius 2 is 1.44 bits per heavy atom. The van der Waals surface area contributed by atoms with Crippen LogP contribution in [0.15, 0.2) is 79.1 Å². The van der Waals surface area contributed by atoms with Crippen LogP contribution >= 0.6 is 0 Å². The minimum absolute atomic E-state index is 0.00471. The van der Waals surface area contributed by atoms with E-state index < -0.39 is 0 Å². The minimum atomic E-state index is -0.0123. The molecule has 6 rings (SSSR count). The van der Waals surface area contributed by atoms with Gasteiger partial charge >= 0.3 is 0 Å². The molecule has 6 heteroatoms. The molecule has 196 valence electrons. The first kappa shape index (κ1) is 24.9. The highest BCUT2D eigenvalue weighted by atomic mass is 16.5. The zero-order valence-corrected chi connectivity index (χ0v) is 23.1. The van der Waals surface area contributed by atoms with Crippen LogP contribution in [-0.4, -0.2) is 24.6 Å². The second-order valence-corrected chi connectivity index (χ2v) is 12.1. The van der Waals surface area contributed by atoms with Crippen molar-refractivity contribution >= 4 is 32.8 Å². The first-order valence-corrected chi connectivity index (χ1v) is 13.2. The lowest BCUT2D eigenvalue weighted by molar-refractivity contribution is 0.458. The SMILES string of the molecule is CC(C)(C)c1ccnc(-n2c3cc(Oc4cnc5cccc(O)c5n4)ccc3c3ccc(C(C)(C)C)cc32)c1. The molecule has 6 aromatic rings. The van der Waals surface area contributed by atoms with Gasteiger partial charge in [-0.05, 0) is 64.4 Å².